The summed E-state index contributed by atoms with van der Waals surface area (Å²) in [5.74, 6) is -2.89. The Morgan fingerprint density at radius 3 is 2.19 bits per heavy atom. The molecule has 0 radical (unpaired) electrons. The number of rotatable bonds is 7. The number of benzene rings is 1. The number of azide groups is 1. The smallest absolute Gasteiger partial charge is 0.303 e. The average molecular weight is 510 g/mol. The SMILES string of the molecule is CC(=O)OCC1O[C@H](Sc2cc(Cl)c(F)c(Cl)c2)C(OC(C)=O)C(N=[N+]=[N-])[C@H]1OC(C)=O. The largest absolute Gasteiger partial charge is 0.463 e. The number of carbonyl (C=O) groups is 3. The van der Waals surface area contributed by atoms with Crippen LogP contribution in [0.1, 0.15) is 20.8 Å². The molecule has 174 valence electrons. The maximum absolute atomic E-state index is 13.8. The van der Waals surface area contributed by atoms with Crippen molar-refractivity contribution in [3.05, 3.63) is 38.4 Å². The number of hydrogen-bond donors (Lipinski definition) is 0. The first-order chi connectivity index (χ1) is 15.0. The Hall–Kier alpha value is -2.24. The number of nitrogens with zero attached hydrogens (tertiary/aromatic N) is 3. The van der Waals surface area contributed by atoms with E-state index in [1.165, 1.54) is 19.1 Å². The van der Waals surface area contributed by atoms with E-state index in [9.17, 15) is 18.8 Å². The number of halogens is 3. The Morgan fingerprint density at radius 2 is 1.69 bits per heavy atom. The molecule has 10 nitrogen and oxygen atoms in total. The van der Waals surface area contributed by atoms with Crippen LogP contribution in [0.15, 0.2) is 22.1 Å². The van der Waals surface area contributed by atoms with Crippen LogP contribution in [0.25, 0.3) is 10.4 Å². The van der Waals surface area contributed by atoms with E-state index >= 15 is 0 Å². The third-order valence-electron chi connectivity index (χ3n) is 4.07. The molecule has 0 aliphatic carbocycles. The molecule has 2 rings (SSSR count). The van der Waals surface area contributed by atoms with Gasteiger partial charge in [-0.05, 0) is 17.7 Å². The normalized spacial score (nSPS) is 24.8. The lowest BCUT2D eigenvalue weighted by Gasteiger charge is -2.43. The van der Waals surface area contributed by atoms with Crippen LogP contribution in [-0.4, -0.2) is 54.3 Å². The van der Waals surface area contributed by atoms with Crippen LogP contribution in [0.3, 0.4) is 0 Å². The molecule has 32 heavy (non-hydrogen) atoms. The number of carbonyl (C=O) groups excluding carboxylic acids is 3. The quantitative estimate of drug-likeness (QED) is 0.134. The predicted octanol–water partition coefficient (Wildman–Crippen LogP) is 4.05. The van der Waals surface area contributed by atoms with E-state index in [-0.39, 0.29) is 16.7 Å². The molecule has 1 saturated heterocycles. The summed E-state index contributed by atoms with van der Waals surface area (Å²) < 4.78 is 35.3. The molecule has 1 fully saturated rings. The summed E-state index contributed by atoms with van der Waals surface area (Å²) in [4.78, 5) is 37.8. The Bertz CT molecular complexity index is 924. The summed E-state index contributed by atoms with van der Waals surface area (Å²) in [5, 5.41) is 3.15. The van der Waals surface area contributed by atoms with Crippen LogP contribution < -0.4 is 0 Å². The highest BCUT2D eigenvalue weighted by atomic mass is 35.5. The second-order valence-corrected chi connectivity index (χ2v) is 8.49. The van der Waals surface area contributed by atoms with Crippen molar-refractivity contribution in [1.82, 2.24) is 0 Å². The molecule has 0 saturated carbocycles. The van der Waals surface area contributed by atoms with Gasteiger partial charge in [0.2, 0.25) is 0 Å². The summed E-state index contributed by atoms with van der Waals surface area (Å²) in [6.45, 7) is 3.08. The van der Waals surface area contributed by atoms with Crippen LogP contribution in [0.4, 0.5) is 4.39 Å². The van der Waals surface area contributed by atoms with Gasteiger partial charge in [0.05, 0.1) is 10.0 Å². The zero-order chi connectivity index (χ0) is 24.0. The molecule has 0 bridgehead atoms. The summed E-state index contributed by atoms with van der Waals surface area (Å²) in [6.07, 6.45) is -3.53. The van der Waals surface area contributed by atoms with Crippen molar-refractivity contribution >= 4 is 52.9 Å². The molecular formula is C18H18Cl2FN3O7S. The van der Waals surface area contributed by atoms with Gasteiger partial charge in [-0.15, -0.1) is 0 Å². The van der Waals surface area contributed by atoms with E-state index in [1.54, 1.807) is 0 Å². The zero-order valence-electron chi connectivity index (χ0n) is 17.0. The van der Waals surface area contributed by atoms with Gasteiger partial charge in [-0.2, -0.15) is 0 Å². The highest BCUT2D eigenvalue weighted by molar-refractivity contribution is 7.99. The maximum atomic E-state index is 13.8. The first-order valence-corrected chi connectivity index (χ1v) is 10.7. The molecule has 0 spiro atoms. The molecule has 1 aromatic rings. The van der Waals surface area contributed by atoms with Crippen LogP contribution in [-0.2, 0) is 33.3 Å². The van der Waals surface area contributed by atoms with E-state index < -0.39 is 53.5 Å². The van der Waals surface area contributed by atoms with Crippen LogP contribution in [0.5, 0.6) is 0 Å². The van der Waals surface area contributed by atoms with E-state index in [4.69, 9.17) is 47.7 Å². The minimum Gasteiger partial charge on any atom is -0.463 e. The van der Waals surface area contributed by atoms with E-state index in [1.807, 2.05) is 0 Å². The highest BCUT2D eigenvalue weighted by Gasteiger charge is 2.50. The zero-order valence-corrected chi connectivity index (χ0v) is 19.3. The summed E-state index contributed by atoms with van der Waals surface area (Å²) in [7, 11) is 0. The van der Waals surface area contributed by atoms with Crippen molar-refractivity contribution in [1.29, 1.82) is 0 Å². The van der Waals surface area contributed by atoms with Gasteiger partial charge in [-0.3, -0.25) is 14.4 Å². The second kappa shape index (κ2) is 11.6. The van der Waals surface area contributed by atoms with Crippen molar-refractivity contribution in [3.8, 4) is 0 Å². The van der Waals surface area contributed by atoms with Gasteiger partial charge in [0, 0.05) is 30.6 Å². The number of thioether (sulfide) groups is 1. The lowest BCUT2D eigenvalue weighted by Crippen LogP contribution is -2.59. The van der Waals surface area contributed by atoms with Crippen LogP contribution in [0.2, 0.25) is 10.0 Å². The topological polar surface area (TPSA) is 137 Å². The summed E-state index contributed by atoms with van der Waals surface area (Å²) >= 11 is 12.6. The van der Waals surface area contributed by atoms with Crippen molar-refractivity contribution in [2.24, 2.45) is 5.11 Å². The molecule has 0 N–H and O–H groups in total. The first-order valence-electron chi connectivity index (χ1n) is 9.02. The standard InChI is InChI=1S/C18H18Cl2FN3O7S/c1-7(25)28-6-13-16(29-8(2)26)15(23-24-22)17(30-9(3)27)18(31-13)32-10-4-11(19)14(21)12(20)5-10/h4-5,13,15-18H,6H2,1-3H3/t13?,15?,16-,17?,18+/m0/s1. The molecule has 1 aromatic carbocycles. The lowest BCUT2D eigenvalue weighted by atomic mass is 9.97. The van der Waals surface area contributed by atoms with Gasteiger partial charge >= 0.3 is 17.9 Å². The van der Waals surface area contributed by atoms with Gasteiger partial charge in [0.1, 0.15) is 36.4 Å². The fraction of sp³-hybridized carbons (Fsp3) is 0.500. The van der Waals surface area contributed by atoms with Crippen molar-refractivity contribution in [3.63, 3.8) is 0 Å². The third-order valence-corrected chi connectivity index (χ3v) is 5.74. The molecule has 1 aliphatic rings. The average Bonchev–Trinajstić information content (AvgIpc) is 2.68. The number of ether oxygens (including phenoxy) is 4. The molecule has 0 aromatic heterocycles. The fourth-order valence-corrected chi connectivity index (χ4v) is 4.71. The van der Waals surface area contributed by atoms with Crippen molar-refractivity contribution in [2.75, 3.05) is 6.61 Å². The predicted molar refractivity (Wildman–Crippen MR) is 112 cm³/mol. The summed E-state index contributed by atoms with van der Waals surface area (Å²) in [6, 6.07) is 1.33. The molecule has 5 atom stereocenters. The maximum Gasteiger partial charge on any atom is 0.303 e. The Kier molecular flexibility index (Phi) is 9.41. The number of esters is 3. The minimum atomic E-state index is -1.23. The Labute approximate surface area is 196 Å². The molecule has 3 unspecified atom stereocenters. The van der Waals surface area contributed by atoms with Crippen molar-refractivity contribution < 1.29 is 37.7 Å². The molecular weight excluding hydrogens is 492 g/mol. The van der Waals surface area contributed by atoms with E-state index in [0.29, 0.717) is 4.90 Å². The number of hydrogen-bond acceptors (Lipinski definition) is 9. The molecule has 0 amide bonds. The fourth-order valence-electron chi connectivity index (χ4n) is 2.90. The van der Waals surface area contributed by atoms with Gasteiger partial charge < -0.3 is 18.9 Å². The van der Waals surface area contributed by atoms with Crippen molar-refractivity contribution in [2.45, 2.75) is 55.5 Å². The van der Waals surface area contributed by atoms with Crippen LogP contribution >= 0.6 is 35.0 Å². The second-order valence-electron chi connectivity index (χ2n) is 6.51. The van der Waals surface area contributed by atoms with Gasteiger partial charge in [-0.1, -0.05) is 40.1 Å². The minimum absolute atomic E-state index is 0.249. The summed E-state index contributed by atoms with van der Waals surface area (Å²) in [5.41, 5.74) is 8.02. The van der Waals surface area contributed by atoms with Gasteiger partial charge in [0.15, 0.2) is 5.82 Å². The van der Waals surface area contributed by atoms with Crippen LogP contribution in [0, 0.1) is 5.82 Å². The van der Waals surface area contributed by atoms with Gasteiger partial charge in [-0.25, -0.2) is 4.39 Å². The molecule has 14 heteroatoms. The highest BCUT2D eigenvalue weighted by Crippen LogP contribution is 2.39. The monoisotopic (exact) mass is 509 g/mol. The lowest BCUT2D eigenvalue weighted by molar-refractivity contribution is -0.201. The van der Waals surface area contributed by atoms with E-state index in [2.05, 4.69) is 10.0 Å². The third kappa shape index (κ3) is 6.88. The first kappa shape index (κ1) is 26.0. The van der Waals surface area contributed by atoms with Gasteiger partial charge in [0.25, 0.3) is 0 Å². The Morgan fingerprint density at radius 1 is 1.12 bits per heavy atom. The Balaban J connectivity index is 2.48. The molecule has 1 heterocycles. The van der Waals surface area contributed by atoms with E-state index in [0.717, 1.165) is 25.6 Å². The molecule has 1 aliphatic heterocycles.